The first-order valence-electron chi connectivity index (χ1n) is 6.25. The van der Waals surface area contributed by atoms with E-state index in [1.165, 1.54) is 16.9 Å². The highest BCUT2D eigenvalue weighted by Crippen LogP contribution is 2.47. The van der Waals surface area contributed by atoms with Gasteiger partial charge in [0.1, 0.15) is 15.4 Å². The fraction of sp³-hybridized carbons (Fsp3) is 0.357. The van der Waals surface area contributed by atoms with E-state index in [-0.39, 0.29) is 0 Å². The molecule has 3 N–H and O–H groups in total. The van der Waals surface area contributed by atoms with Gasteiger partial charge in [0.15, 0.2) is 0 Å². The molecule has 3 nitrogen and oxygen atoms in total. The van der Waals surface area contributed by atoms with Crippen molar-refractivity contribution in [3.8, 4) is 0 Å². The molecule has 1 heterocycles. The molecule has 0 bridgehead atoms. The van der Waals surface area contributed by atoms with Crippen LogP contribution in [0.4, 0.5) is 0 Å². The van der Waals surface area contributed by atoms with E-state index < -0.39 is 11.5 Å². The van der Waals surface area contributed by atoms with E-state index >= 15 is 0 Å². The van der Waals surface area contributed by atoms with Crippen LogP contribution in [0.25, 0.3) is 0 Å². The Morgan fingerprint density at radius 2 is 2.26 bits per heavy atom. The minimum absolute atomic E-state index is 0.405. The van der Waals surface area contributed by atoms with E-state index in [1.807, 2.05) is 12.1 Å². The summed E-state index contributed by atoms with van der Waals surface area (Å²) in [6.07, 6.45) is 2.68. The van der Waals surface area contributed by atoms with Crippen molar-refractivity contribution in [3.05, 3.63) is 50.9 Å². The molecule has 0 saturated heterocycles. The van der Waals surface area contributed by atoms with Gasteiger partial charge in [-0.05, 0) is 24.0 Å². The van der Waals surface area contributed by atoms with Crippen LogP contribution < -0.4 is 5.73 Å². The standard InChI is InChI=1S/C14H15ClN2OS/c15-11-7-17-13(19-11)12(18)14(8-16)6-5-9-3-1-2-4-10(9)14/h1-4,7,12,18H,5-6,8,16H2. The van der Waals surface area contributed by atoms with Crippen molar-refractivity contribution >= 4 is 22.9 Å². The predicted molar refractivity (Wildman–Crippen MR) is 77.6 cm³/mol. The summed E-state index contributed by atoms with van der Waals surface area (Å²) in [4.78, 5) is 4.21. The highest BCUT2D eigenvalue weighted by molar-refractivity contribution is 7.15. The summed E-state index contributed by atoms with van der Waals surface area (Å²) in [5, 5.41) is 11.4. The molecule has 0 fully saturated rings. The summed E-state index contributed by atoms with van der Waals surface area (Å²) >= 11 is 7.23. The molecule has 19 heavy (non-hydrogen) atoms. The lowest BCUT2D eigenvalue weighted by molar-refractivity contribution is 0.0838. The average Bonchev–Trinajstić information content (AvgIpc) is 3.02. The third-order valence-electron chi connectivity index (χ3n) is 4.01. The summed E-state index contributed by atoms with van der Waals surface area (Å²) in [6.45, 7) is 0.405. The number of benzene rings is 1. The van der Waals surface area contributed by atoms with E-state index in [9.17, 15) is 5.11 Å². The number of nitrogens with two attached hydrogens (primary N) is 1. The summed E-state index contributed by atoms with van der Waals surface area (Å²) in [5.74, 6) is 0. The maximum absolute atomic E-state index is 10.7. The van der Waals surface area contributed by atoms with E-state index in [0.717, 1.165) is 18.4 Å². The molecule has 1 aliphatic rings. The smallest absolute Gasteiger partial charge is 0.124 e. The van der Waals surface area contributed by atoms with Gasteiger partial charge in [-0.3, -0.25) is 0 Å². The van der Waals surface area contributed by atoms with E-state index in [1.54, 1.807) is 6.20 Å². The van der Waals surface area contributed by atoms with Crippen molar-refractivity contribution in [3.63, 3.8) is 0 Å². The van der Waals surface area contributed by atoms with Gasteiger partial charge in [0.05, 0.1) is 6.20 Å². The number of fused-ring (bicyclic) bond motifs is 1. The van der Waals surface area contributed by atoms with Crippen LogP contribution in [0.3, 0.4) is 0 Å². The van der Waals surface area contributed by atoms with Crippen LogP contribution in [-0.2, 0) is 11.8 Å². The molecule has 1 aromatic heterocycles. The normalized spacial score (nSPS) is 23.3. The molecule has 3 rings (SSSR count). The predicted octanol–water partition coefficient (Wildman–Crippen LogP) is 2.67. The van der Waals surface area contributed by atoms with E-state index in [4.69, 9.17) is 17.3 Å². The molecule has 0 saturated carbocycles. The number of aryl methyl sites for hydroxylation is 1. The van der Waals surface area contributed by atoms with Gasteiger partial charge in [0, 0.05) is 12.0 Å². The third-order valence-corrected chi connectivity index (χ3v) is 5.18. The molecule has 1 aromatic carbocycles. The van der Waals surface area contributed by atoms with Gasteiger partial charge in [0.2, 0.25) is 0 Å². The van der Waals surface area contributed by atoms with Crippen molar-refractivity contribution in [1.29, 1.82) is 0 Å². The molecule has 0 spiro atoms. The average molecular weight is 295 g/mol. The Hall–Kier alpha value is -0.940. The number of halogens is 1. The minimum atomic E-state index is -0.696. The van der Waals surface area contributed by atoms with E-state index in [2.05, 4.69) is 17.1 Å². The molecule has 0 radical (unpaired) electrons. The first-order valence-corrected chi connectivity index (χ1v) is 7.44. The maximum Gasteiger partial charge on any atom is 0.124 e. The number of hydrogen-bond donors (Lipinski definition) is 2. The SMILES string of the molecule is NCC1(C(O)c2ncc(Cl)s2)CCc2ccccc21. The molecular formula is C14H15ClN2OS. The Labute approximate surface area is 121 Å². The minimum Gasteiger partial charge on any atom is -0.385 e. The van der Waals surface area contributed by atoms with Gasteiger partial charge in [-0.25, -0.2) is 4.98 Å². The molecule has 2 unspecified atom stereocenters. The Kier molecular flexibility index (Phi) is 3.35. The zero-order chi connectivity index (χ0) is 13.5. The van der Waals surface area contributed by atoms with Gasteiger partial charge in [-0.15, -0.1) is 11.3 Å². The van der Waals surface area contributed by atoms with Crippen LogP contribution in [0.15, 0.2) is 30.5 Å². The number of nitrogens with zero attached hydrogens (tertiary/aromatic N) is 1. The Bertz CT molecular complexity index is 601. The first kappa shape index (κ1) is 13.1. The second-order valence-electron chi connectivity index (χ2n) is 4.92. The number of aliphatic hydroxyl groups excluding tert-OH is 1. The molecule has 100 valence electrons. The Balaban J connectivity index is 2.06. The second kappa shape index (κ2) is 4.87. The van der Waals surface area contributed by atoms with Crippen molar-refractivity contribution in [2.45, 2.75) is 24.4 Å². The molecule has 5 heteroatoms. The highest BCUT2D eigenvalue weighted by atomic mass is 35.5. The van der Waals surface area contributed by atoms with Crippen LogP contribution in [0, 0.1) is 0 Å². The lowest BCUT2D eigenvalue weighted by Crippen LogP contribution is -2.39. The first-order chi connectivity index (χ1) is 9.17. The van der Waals surface area contributed by atoms with Gasteiger partial charge < -0.3 is 10.8 Å². The van der Waals surface area contributed by atoms with Crippen LogP contribution in [0.1, 0.15) is 28.7 Å². The van der Waals surface area contributed by atoms with Crippen LogP contribution in [0.5, 0.6) is 0 Å². The third kappa shape index (κ3) is 1.99. The topological polar surface area (TPSA) is 59.1 Å². The number of aromatic nitrogens is 1. The van der Waals surface area contributed by atoms with Crippen molar-refractivity contribution in [2.24, 2.45) is 5.73 Å². The molecule has 0 amide bonds. The zero-order valence-corrected chi connectivity index (χ0v) is 11.9. The van der Waals surface area contributed by atoms with Crippen LogP contribution in [-0.4, -0.2) is 16.6 Å². The number of thiazole rings is 1. The summed E-state index contributed by atoms with van der Waals surface area (Å²) < 4.78 is 0.590. The van der Waals surface area contributed by atoms with Crippen LogP contribution in [0.2, 0.25) is 4.34 Å². The maximum atomic E-state index is 10.7. The fourth-order valence-corrected chi connectivity index (χ4v) is 3.99. The second-order valence-corrected chi connectivity index (χ2v) is 6.62. The largest absolute Gasteiger partial charge is 0.385 e. The summed E-state index contributed by atoms with van der Waals surface area (Å²) in [6, 6.07) is 8.19. The number of hydrogen-bond acceptors (Lipinski definition) is 4. The fourth-order valence-electron chi connectivity index (χ4n) is 2.95. The van der Waals surface area contributed by atoms with E-state index in [0.29, 0.717) is 15.9 Å². The van der Waals surface area contributed by atoms with Crippen molar-refractivity contribution < 1.29 is 5.11 Å². The van der Waals surface area contributed by atoms with Gasteiger partial charge in [0.25, 0.3) is 0 Å². The molecule has 2 aromatic rings. The lowest BCUT2D eigenvalue weighted by Gasteiger charge is -2.33. The van der Waals surface area contributed by atoms with Gasteiger partial charge in [-0.1, -0.05) is 35.9 Å². The summed E-state index contributed by atoms with van der Waals surface area (Å²) in [7, 11) is 0. The quantitative estimate of drug-likeness (QED) is 0.915. The Morgan fingerprint density at radius 1 is 1.47 bits per heavy atom. The Morgan fingerprint density at radius 3 is 2.95 bits per heavy atom. The van der Waals surface area contributed by atoms with Crippen LogP contribution >= 0.6 is 22.9 Å². The molecule has 2 atom stereocenters. The molecule has 1 aliphatic carbocycles. The lowest BCUT2D eigenvalue weighted by atomic mass is 9.77. The zero-order valence-electron chi connectivity index (χ0n) is 10.3. The van der Waals surface area contributed by atoms with Crippen molar-refractivity contribution in [2.75, 3.05) is 6.54 Å². The monoisotopic (exact) mass is 294 g/mol. The van der Waals surface area contributed by atoms with Gasteiger partial charge >= 0.3 is 0 Å². The molecular weight excluding hydrogens is 280 g/mol. The highest BCUT2D eigenvalue weighted by Gasteiger charge is 2.45. The number of aliphatic hydroxyl groups is 1. The van der Waals surface area contributed by atoms with Crippen molar-refractivity contribution in [1.82, 2.24) is 4.98 Å². The molecule has 0 aliphatic heterocycles. The van der Waals surface area contributed by atoms with Gasteiger partial charge in [-0.2, -0.15) is 0 Å². The number of rotatable bonds is 3. The summed E-state index contributed by atoms with van der Waals surface area (Å²) in [5.41, 5.74) is 8.00.